The van der Waals surface area contributed by atoms with E-state index in [-0.39, 0.29) is 30.0 Å². The van der Waals surface area contributed by atoms with Gasteiger partial charge in [0.25, 0.3) is 0 Å². The van der Waals surface area contributed by atoms with Gasteiger partial charge in [0, 0.05) is 5.19 Å². The summed E-state index contributed by atoms with van der Waals surface area (Å²) in [5.74, 6) is 0. The predicted molar refractivity (Wildman–Crippen MR) is 106 cm³/mol. The second-order valence-corrected chi connectivity index (χ2v) is 10.6. The average Bonchev–Trinajstić information content (AvgIpc) is 2.66. The Morgan fingerprint density at radius 1 is 0.577 bits per heavy atom. The van der Waals surface area contributed by atoms with Crippen molar-refractivity contribution in [3.63, 3.8) is 0 Å². The maximum absolute atomic E-state index is 6.02. The van der Waals surface area contributed by atoms with E-state index in [0.717, 1.165) is 5.19 Å². The Bertz CT molecular complexity index is 1100. The Morgan fingerprint density at radius 3 is 2.08 bits per heavy atom. The summed E-state index contributed by atoms with van der Waals surface area (Å²) < 4.78 is 22.8. The Morgan fingerprint density at radius 2 is 1.27 bits per heavy atom. The molecule has 7 radical (unpaired) electrons. The first kappa shape index (κ1) is 16.5. The lowest BCUT2D eigenvalue weighted by Gasteiger charge is -2.20. The molecule has 1 saturated heterocycles. The molecule has 0 bridgehead atoms. The molecule has 0 spiro atoms. The molecule has 4 aromatic rings. The highest BCUT2D eigenvalue weighted by atomic mass is 28.4. The number of fused-ring (bicyclic) bond motifs is 4. The Labute approximate surface area is 160 Å². The van der Waals surface area contributed by atoms with Crippen molar-refractivity contribution in [2.24, 2.45) is 0 Å². The van der Waals surface area contributed by atoms with Gasteiger partial charge in [-0.15, -0.1) is 0 Å². The maximum atomic E-state index is 6.02. The molecule has 0 N–H and O–H groups in total. The molecule has 0 aliphatic carbocycles. The van der Waals surface area contributed by atoms with Gasteiger partial charge in [0.15, 0.2) is 0 Å². The number of benzene rings is 4. The molecule has 1 heterocycles. The predicted octanol–water partition coefficient (Wildman–Crippen LogP) is 2.52. The second-order valence-electron chi connectivity index (χ2n) is 5.80. The number of rotatable bonds is 1. The molecule has 0 atom stereocenters. The second kappa shape index (κ2) is 7.17. The van der Waals surface area contributed by atoms with Gasteiger partial charge in [-0.25, -0.2) is 0 Å². The Hall–Kier alpha value is -1.63. The van der Waals surface area contributed by atoms with Crippen LogP contribution in [0.1, 0.15) is 0 Å². The normalized spacial score (nSPS) is 16.8. The molecule has 1 aliphatic rings. The molecule has 0 saturated carbocycles. The van der Waals surface area contributed by atoms with E-state index < -0.39 is 9.28 Å². The van der Waals surface area contributed by atoms with Crippen molar-refractivity contribution in [1.82, 2.24) is 0 Å². The summed E-state index contributed by atoms with van der Waals surface area (Å²) in [6.45, 7) is 0. The first-order chi connectivity index (χ1) is 12.9. The maximum Gasteiger partial charge on any atom is 0.413 e. The summed E-state index contributed by atoms with van der Waals surface area (Å²) in [4.78, 5) is 0. The molecule has 8 heteroatoms. The van der Waals surface area contributed by atoms with Crippen molar-refractivity contribution in [2.45, 2.75) is 0 Å². The summed E-state index contributed by atoms with van der Waals surface area (Å²) >= 11 is 0. The highest BCUT2D eigenvalue weighted by Gasteiger charge is 2.27. The van der Waals surface area contributed by atoms with Crippen LogP contribution in [0.2, 0.25) is 0 Å². The molecular formula is C18H11O4Si4. The van der Waals surface area contributed by atoms with Crippen LogP contribution in [-0.2, 0) is 16.5 Å². The Balaban J connectivity index is 1.84. The van der Waals surface area contributed by atoms with E-state index in [1.807, 2.05) is 0 Å². The first-order valence-corrected chi connectivity index (χ1v) is 11.8. The van der Waals surface area contributed by atoms with Crippen LogP contribution >= 0.6 is 0 Å². The minimum atomic E-state index is -1.72. The Kier molecular flexibility index (Phi) is 4.56. The molecule has 0 amide bonds. The monoisotopic (exact) mass is 403 g/mol. The van der Waals surface area contributed by atoms with Gasteiger partial charge in [-0.1, -0.05) is 60.7 Å². The van der Waals surface area contributed by atoms with Crippen molar-refractivity contribution in [3.05, 3.63) is 66.7 Å². The van der Waals surface area contributed by atoms with Crippen molar-refractivity contribution in [2.75, 3.05) is 0 Å². The molecule has 5 rings (SSSR count). The van der Waals surface area contributed by atoms with Gasteiger partial charge in [0.05, 0.1) is 0 Å². The molecule has 4 aromatic carbocycles. The highest BCUT2D eigenvalue weighted by Crippen LogP contribution is 2.29. The third-order valence-electron chi connectivity index (χ3n) is 4.41. The molecule has 1 fully saturated rings. The van der Waals surface area contributed by atoms with Crippen LogP contribution in [0, 0.1) is 0 Å². The quantitative estimate of drug-likeness (QED) is 0.278. The molecule has 0 aromatic heterocycles. The van der Waals surface area contributed by atoms with Gasteiger partial charge in [-0.3, -0.25) is 0 Å². The minimum absolute atomic E-state index is 0.0218. The van der Waals surface area contributed by atoms with Crippen LogP contribution in [-0.4, -0.2) is 39.3 Å². The molecule has 4 nitrogen and oxygen atoms in total. The van der Waals surface area contributed by atoms with Crippen molar-refractivity contribution < 1.29 is 16.5 Å². The zero-order chi connectivity index (χ0) is 17.3. The highest BCUT2D eigenvalue weighted by molar-refractivity contribution is 6.74. The van der Waals surface area contributed by atoms with Gasteiger partial charge in [-0.2, -0.15) is 0 Å². The van der Waals surface area contributed by atoms with E-state index >= 15 is 0 Å². The van der Waals surface area contributed by atoms with E-state index in [9.17, 15) is 0 Å². The summed E-state index contributed by atoms with van der Waals surface area (Å²) in [7, 11) is -1.88. The lowest BCUT2D eigenvalue weighted by atomic mass is 9.98. The zero-order valence-electron chi connectivity index (χ0n) is 13.5. The molecular weight excluding hydrogens is 393 g/mol. The van der Waals surface area contributed by atoms with E-state index in [1.165, 1.54) is 32.3 Å². The zero-order valence-corrected chi connectivity index (χ0v) is 17.5. The topological polar surface area (TPSA) is 36.9 Å². The molecule has 0 unspecified atom stereocenters. The van der Waals surface area contributed by atoms with Gasteiger partial charge in [-0.05, 0) is 38.4 Å². The van der Waals surface area contributed by atoms with Crippen molar-refractivity contribution in [1.29, 1.82) is 0 Å². The van der Waals surface area contributed by atoms with E-state index in [2.05, 4.69) is 66.7 Å². The van der Waals surface area contributed by atoms with Crippen LogP contribution in [0.4, 0.5) is 0 Å². The summed E-state index contributed by atoms with van der Waals surface area (Å²) in [5.41, 5.74) is 0. The van der Waals surface area contributed by atoms with Crippen LogP contribution in [0.5, 0.6) is 0 Å². The van der Waals surface area contributed by atoms with Crippen molar-refractivity contribution in [3.8, 4) is 0 Å². The van der Waals surface area contributed by atoms with Crippen LogP contribution in [0.25, 0.3) is 32.3 Å². The fraction of sp³-hybridized carbons (Fsp3) is 0. The molecule has 26 heavy (non-hydrogen) atoms. The van der Waals surface area contributed by atoms with Gasteiger partial charge in [0.2, 0.25) is 0 Å². The largest absolute Gasteiger partial charge is 0.413 e. The number of hydrogen-bond donors (Lipinski definition) is 0. The fourth-order valence-electron chi connectivity index (χ4n) is 3.34. The van der Waals surface area contributed by atoms with Crippen LogP contribution in [0.15, 0.2) is 66.7 Å². The SMILES string of the molecule is c1ccc2c([Si]3O[Si]O[Si]O[Si]O3)c3ccc4ccccc4c3cc2c1. The number of hydrogen-bond acceptors (Lipinski definition) is 4. The van der Waals surface area contributed by atoms with Crippen molar-refractivity contribution >= 4 is 76.8 Å². The standard InChI is InChI=1S/C18H11O4Si4/c1-3-7-14-12(5-1)9-10-16-17(14)11-13-6-2-4-8-15(13)18(16)26-21-24-19-23-20-25-22-26/h1-11H. The molecule has 123 valence electrons. The first-order valence-electron chi connectivity index (χ1n) is 8.03. The third-order valence-corrected chi connectivity index (χ3v) is 8.84. The van der Waals surface area contributed by atoms with Gasteiger partial charge in [0.1, 0.15) is 0 Å². The van der Waals surface area contributed by atoms with Gasteiger partial charge >= 0.3 is 39.3 Å². The lowest BCUT2D eigenvalue weighted by molar-refractivity contribution is 0.337. The summed E-state index contributed by atoms with van der Waals surface area (Å²) in [5, 5.41) is 8.35. The lowest BCUT2D eigenvalue weighted by Crippen LogP contribution is -2.43. The van der Waals surface area contributed by atoms with Crippen LogP contribution < -0.4 is 5.19 Å². The van der Waals surface area contributed by atoms with Gasteiger partial charge < -0.3 is 16.5 Å². The van der Waals surface area contributed by atoms with E-state index in [0.29, 0.717) is 0 Å². The smallest absolute Gasteiger partial charge is 0.412 e. The summed E-state index contributed by atoms with van der Waals surface area (Å²) in [6.07, 6.45) is 0. The fourth-order valence-corrected chi connectivity index (χ4v) is 8.08. The third kappa shape index (κ3) is 2.90. The van der Waals surface area contributed by atoms with Crippen LogP contribution in [0.3, 0.4) is 0 Å². The summed E-state index contributed by atoms with van der Waals surface area (Å²) in [6, 6.07) is 23.5. The average molecular weight is 404 g/mol. The molecule has 1 aliphatic heterocycles. The minimum Gasteiger partial charge on any atom is -0.412 e. The van der Waals surface area contributed by atoms with E-state index in [4.69, 9.17) is 16.5 Å². The van der Waals surface area contributed by atoms with E-state index in [1.54, 1.807) is 0 Å².